The number of carbonyl (C=O) groups is 1. The summed E-state index contributed by atoms with van der Waals surface area (Å²) in [6.07, 6.45) is 2.09. The van der Waals surface area contributed by atoms with Gasteiger partial charge in [-0.25, -0.2) is 0 Å². The number of nitrogens with zero attached hydrogens (tertiary/aromatic N) is 1. The van der Waals surface area contributed by atoms with Crippen molar-refractivity contribution in [2.75, 3.05) is 19.8 Å². The molecule has 6 heteroatoms. The van der Waals surface area contributed by atoms with E-state index >= 15 is 0 Å². The fourth-order valence-electron chi connectivity index (χ4n) is 2.67. The molecule has 0 spiro atoms. The molecule has 0 unspecified atom stereocenters. The molecule has 3 N–H and O–H groups in total. The number of amides is 1. The van der Waals surface area contributed by atoms with Crippen molar-refractivity contribution >= 4 is 23.6 Å². The van der Waals surface area contributed by atoms with E-state index in [1.807, 2.05) is 31.2 Å². The minimum Gasteiger partial charge on any atom is -0.352 e. The van der Waals surface area contributed by atoms with E-state index in [1.165, 1.54) is 16.0 Å². The first-order chi connectivity index (χ1) is 13.1. The van der Waals surface area contributed by atoms with Crippen molar-refractivity contribution in [3.63, 3.8) is 0 Å². The first-order valence-corrected chi connectivity index (χ1v) is 10.2. The van der Waals surface area contributed by atoms with Crippen LogP contribution in [0.5, 0.6) is 0 Å². The van der Waals surface area contributed by atoms with E-state index in [4.69, 9.17) is 0 Å². The second-order valence-electron chi connectivity index (χ2n) is 6.15. The summed E-state index contributed by atoms with van der Waals surface area (Å²) in [6.45, 7) is 5.93. The first-order valence-electron chi connectivity index (χ1n) is 9.02. The van der Waals surface area contributed by atoms with Crippen molar-refractivity contribution < 1.29 is 4.79 Å². The Balaban J connectivity index is 1.95. The summed E-state index contributed by atoms with van der Waals surface area (Å²) < 4.78 is 0. The highest BCUT2D eigenvalue weighted by Gasteiger charge is 2.06. The van der Waals surface area contributed by atoms with Crippen LogP contribution in [0.4, 0.5) is 0 Å². The molecular weight excluding hydrogens is 356 g/mol. The number of guanidine groups is 1. The molecule has 0 bridgehead atoms. The minimum atomic E-state index is -0.0502. The smallest absolute Gasteiger partial charge is 0.251 e. The highest BCUT2D eigenvalue weighted by atomic mass is 32.2. The average Bonchev–Trinajstić information content (AvgIpc) is 2.69. The minimum absolute atomic E-state index is 0.0502. The van der Waals surface area contributed by atoms with Gasteiger partial charge in [-0.05, 0) is 55.0 Å². The van der Waals surface area contributed by atoms with E-state index in [2.05, 4.69) is 52.3 Å². The molecule has 0 aromatic heterocycles. The highest BCUT2D eigenvalue weighted by molar-refractivity contribution is 7.98. The number of nitrogens with one attached hydrogen (secondary N) is 3. The van der Waals surface area contributed by atoms with Gasteiger partial charge in [-0.2, -0.15) is 0 Å². The Bertz CT molecular complexity index is 805. The lowest BCUT2D eigenvalue weighted by Gasteiger charge is -2.14. The van der Waals surface area contributed by atoms with E-state index in [1.54, 1.807) is 18.8 Å². The van der Waals surface area contributed by atoms with Crippen LogP contribution in [-0.2, 0) is 13.1 Å². The van der Waals surface area contributed by atoms with Crippen LogP contribution in [0.2, 0.25) is 0 Å². The fraction of sp³-hybridized carbons (Fsp3) is 0.333. The number of aryl methyl sites for hydroxylation is 1. The van der Waals surface area contributed by atoms with Gasteiger partial charge >= 0.3 is 0 Å². The summed E-state index contributed by atoms with van der Waals surface area (Å²) in [6, 6.07) is 14.1. The number of rotatable bonds is 7. The maximum atomic E-state index is 12.0. The Morgan fingerprint density at radius 1 is 1.07 bits per heavy atom. The Labute approximate surface area is 166 Å². The van der Waals surface area contributed by atoms with Gasteiger partial charge < -0.3 is 16.0 Å². The molecule has 5 nitrogen and oxygen atoms in total. The second kappa shape index (κ2) is 10.6. The molecule has 2 rings (SSSR count). The van der Waals surface area contributed by atoms with Crippen molar-refractivity contribution in [3.8, 4) is 0 Å². The van der Waals surface area contributed by atoms with E-state index < -0.39 is 0 Å². The molecule has 2 aromatic rings. The predicted molar refractivity (Wildman–Crippen MR) is 114 cm³/mol. The maximum Gasteiger partial charge on any atom is 0.251 e. The van der Waals surface area contributed by atoms with Crippen LogP contribution in [0.3, 0.4) is 0 Å². The lowest BCUT2D eigenvalue weighted by atomic mass is 10.1. The number of aliphatic imine (C=N–C) groups is 1. The Kier molecular flexibility index (Phi) is 8.20. The molecule has 0 aliphatic carbocycles. The van der Waals surface area contributed by atoms with Crippen LogP contribution in [-0.4, -0.2) is 31.7 Å². The van der Waals surface area contributed by atoms with Crippen molar-refractivity contribution in [3.05, 3.63) is 64.7 Å². The number of thioether (sulfide) groups is 1. The second-order valence-corrected chi connectivity index (χ2v) is 7.00. The Morgan fingerprint density at radius 3 is 2.56 bits per heavy atom. The van der Waals surface area contributed by atoms with Gasteiger partial charge in [0.2, 0.25) is 0 Å². The number of hydrogen-bond donors (Lipinski definition) is 3. The van der Waals surface area contributed by atoms with E-state index in [0.29, 0.717) is 25.2 Å². The van der Waals surface area contributed by atoms with Gasteiger partial charge in [0.1, 0.15) is 0 Å². The molecule has 0 aliphatic heterocycles. The van der Waals surface area contributed by atoms with E-state index in [0.717, 1.165) is 11.5 Å². The summed E-state index contributed by atoms with van der Waals surface area (Å²) in [5.74, 6) is 0.678. The third kappa shape index (κ3) is 6.32. The third-order valence-corrected chi connectivity index (χ3v) is 4.92. The maximum absolute atomic E-state index is 12.0. The monoisotopic (exact) mass is 384 g/mol. The predicted octanol–water partition coefficient (Wildman–Crippen LogP) is 3.33. The Hall–Kier alpha value is -2.47. The van der Waals surface area contributed by atoms with Gasteiger partial charge in [0.25, 0.3) is 5.91 Å². The summed E-state index contributed by atoms with van der Waals surface area (Å²) in [5.41, 5.74) is 4.21. The normalized spacial score (nSPS) is 11.2. The molecule has 0 radical (unpaired) electrons. The molecule has 0 heterocycles. The third-order valence-electron chi connectivity index (χ3n) is 4.10. The van der Waals surface area contributed by atoms with Crippen molar-refractivity contribution in [1.29, 1.82) is 0 Å². The fourth-order valence-corrected chi connectivity index (χ4v) is 3.37. The largest absolute Gasteiger partial charge is 0.352 e. The molecule has 2 aromatic carbocycles. The van der Waals surface area contributed by atoms with Gasteiger partial charge in [0, 0.05) is 37.1 Å². The van der Waals surface area contributed by atoms with Crippen LogP contribution in [0.15, 0.2) is 52.4 Å². The number of hydrogen-bond acceptors (Lipinski definition) is 3. The molecule has 0 saturated heterocycles. The Morgan fingerprint density at radius 2 is 1.85 bits per heavy atom. The number of carbonyl (C=O) groups excluding carboxylic acids is 1. The topological polar surface area (TPSA) is 65.5 Å². The lowest BCUT2D eigenvalue weighted by molar-refractivity contribution is 0.0955. The number of benzene rings is 2. The molecule has 0 saturated carbocycles. The van der Waals surface area contributed by atoms with Crippen LogP contribution in [0.25, 0.3) is 0 Å². The molecule has 1 amide bonds. The molecular formula is C21H28N4OS. The van der Waals surface area contributed by atoms with Crippen LogP contribution >= 0.6 is 11.8 Å². The van der Waals surface area contributed by atoms with E-state index in [-0.39, 0.29) is 5.91 Å². The average molecular weight is 385 g/mol. The van der Waals surface area contributed by atoms with Gasteiger partial charge in [-0.3, -0.25) is 9.79 Å². The first kappa shape index (κ1) is 20.8. The molecule has 144 valence electrons. The quantitative estimate of drug-likeness (QED) is 0.389. The zero-order valence-electron chi connectivity index (χ0n) is 16.4. The molecule has 27 heavy (non-hydrogen) atoms. The van der Waals surface area contributed by atoms with E-state index in [9.17, 15) is 4.79 Å². The van der Waals surface area contributed by atoms with Gasteiger partial charge in [0.05, 0.1) is 0 Å². The summed E-state index contributed by atoms with van der Waals surface area (Å²) in [5, 5.41) is 9.48. The van der Waals surface area contributed by atoms with Gasteiger partial charge in [-0.1, -0.05) is 24.3 Å². The van der Waals surface area contributed by atoms with Crippen LogP contribution < -0.4 is 16.0 Å². The molecule has 0 fully saturated rings. The summed E-state index contributed by atoms with van der Waals surface area (Å²) >= 11 is 1.75. The van der Waals surface area contributed by atoms with Gasteiger partial charge in [-0.15, -0.1) is 11.8 Å². The summed E-state index contributed by atoms with van der Waals surface area (Å²) in [4.78, 5) is 17.5. The summed E-state index contributed by atoms with van der Waals surface area (Å²) in [7, 11) is 1.76. The zero-order valence-corrected chi connectivity index (χ0v) is 17.2. The van der Waals surface area contributed by atoms with Gasteiger partial charge in [0.15, 0.2) is 5.96 Å². The lowest BCUT2D eigenvalue weighted by Crippen LogP contribution is -2.36. The van der Waals surface area contributed by atoms with Crippen molar-refractivity contribution in [2.45, 2.75) is 31.8 Å². The SMILES string of the molecule is CCNC(=O)c1cccc(CNC(=NC)NCc2ccc(C)cc2SC)c1. The van der Waals surface area contributed by atoms with Crippen LogP contribution in [0, 0.1) is 6.92 Å². The molecule has 0 aliphatic rings. The van der Waals surface area contributed by atoms with Crippen molar-refractivity contribution in [1.82, 2.24) is 16.0 Å². The van der Waals surface area contributed by atoms with Crippen molar-refractivity contribution in [2.24, 2.45) is 4.99 Å². The van der Waals surface area contributed by atoms with Crippen LogP contribution in [0.1, 0.15) is 34.0 Å². The molecule has 0 atom stereocenters. The standard InChI is InChI=1S/C21H28N4OS/c1-5-23-20(26)17-8-6-7-16(12-17)13-24-21(22-3)25-14-18-10-9-15(2)11-19(18)27-4/h6-12H,5,13-14H2,1-4H3,(H,23,26)(H2,22,24,25). The zero-order chi connectivity index (χ0) is 19.6. The highest BCUT2D eigenvalue weighted by Crippen LogP contribution is 2.21.